The van der Waals surface area contributed by atoms with Gasteiger partial charge in [-0.05, 0) is 42.0 Å². The van der Waals surface area contributed by atoms with Crippen LogP contribution in [0.15, 0.2) is 77.9 Å². The molecule has 1 N–H and O–H groups in total. The van der Waals surface area contributed by atoms with Crippen molar-refractivity contribution in [1.82, 2.24) is 5.43 Å². The lowest BCUT2D eigenvalue weighted by Crippen LogP contribution is -2.42. The highest BCUT2D eigenvalue weighted by Gasteiger charge is 2.27. The Balaban J connectivity index is 1.34. The van der Waals surface area contributed by atoms with E-state index in [1.807, 2.05) is 30.3 Å². The first-order chi connectivity index (χ1) is 16.1. The van der Waals surface area contributed by atoms with Gasteiger partial charge in [-0.25, -0.2) is 10.2 Å². The van der Waals surface area contributed by atoms with E-state index < -0.39 is 12.0 Å². The van der Waals surface area contributed by atoms with Crippen LogP contribution in [0.25, 0.3) is 0 Å². The first-order valence-corrected chi connectivity index (χ1v) is 10.2. The van der Waals surface area contributed by atoms with Crippen LogP contribution in [0.1, 0.15) is 21.5 Å². The SMILES string of the molecule is COC(=O)c1ccc(COc2ccccc2/C=N/NC(=O)C2COc3ccccc3O2)cc1. The molecule has 1 unspecified atom stereocenters. The summed E-state index contributed by atoms with van der Waals surface area (Å²) < 4.78 is 21.8. The first kappa shape index (κ1) is 21.9. The quantitative estimate of drug-likeness (QED) is 0.340. The lowest BCUT2D eigenvalue weighted by Gasteiger charge is -2.24. The molecular weight excluding hydrogens is 424 g/mol. The van der Waals surface area contributed by atoms with Crippen LogP contribution in [-0.2, 0) is 16.1 Å². The fraction of sp³-hybridized carbons (Fsp3) is 0.160. The minimum absolute atomic E-state index is 0.104. The molecule has 0 fully saturated rings. The standard InChI is InChI=1S/C25H22N2O6/c1-30-25(29)18-12-10-17(11-13-18)15-31-20-7-3-2-6-19(20)14-26-27-24(28)23-16-32-21-8-4-5-9-22(21)33-23/h2-14,23H,15-16H2,1H3,(H,27,28)/b26-14+. The Morgan fingerprint density at radius 2 is 1.76 bits per heavy atom. The number of hydrogen-bond acceptors (Lipinski definition) is 7. The number of methoxy groups -OCH3 is 1. The number of rotatable bonds is 7. The van der Waals surface area contributed by atoms with Crippen molar-refractivity contribution in [2.24, 2.45) is 5.10 Å². The van der Waals surface area contributed by atoms with Crippen LogP contribution >= 0.6 is 0 Å². The van der Waals surface area contributed by atoms with E-state index in [0.717, 1.165) is 5.56 Å². The summed E-state index contributed by atoms with van der Waals surface area (Å²) in [6.45, 7) is 0.401. The van der Waals surface area contributed by atoms with Crippen molar-refractivity contribution >= 4 is 18.1 Å². The fourth-order valence-corrected chi connectivity index (χ4v) is 3.12. The number of esters is 1. The second-order valence-corrected chi connectivity index (χ2v) is 7.11. The van der Waals surface area contributed by atoms with Crippen LogP contribution < -0.4 is 19.6 Å². The number of para-hydroxylation sites is 3. The topological polar surface area (TPSA) is 95.5 Å². The number of carbonyl (C=O) groups excluding carboxylic acids is 2. The van der Waals surface area contributed by atoms with E-state index in [0.29, 0.717) is 35.0 Å². The Morgan fingerprint density at radius 1 is 1.03 bits per heavy atom. The largest absolute Gasteiger partial charge is 0.488 e. The minimum Gasteiger partial charge on any atom is -0.488 e. The molecule has 0 saturated carbocycles. The first-order valence-electron chi connectivity index (χ1n) is 10.2. The maximum atomic E-state index is 12.4. The Labute approximate surface area is 190 Å². The van der Waals surface area contributed by atoms with Gasteiger partial charge in [0.05, 0.1) is 18.9 Å². The van der Waals surface area contributed by atoms with Crippen LogP contribution in [0.3, 0.4) is 0 Å². The Hall–Kier alpha value is -4.33. The molecule has 0 spiro atoms. The molecule has 0 saturated heterocycles. The van der Waals surface area contributed by atoms with Gasteiger partial charge in [-0.1, -0.05) is 36.4 Å². The number of benzene rings is 3. The number of ether oxygens (including phenoxy) is 4. The molecule has 8 nitrogen and oxygen atoms in total. The minimum atomic E-state index is -0.795. The van der Waals surface area contributed by atoms with Crippen molar-refractivity contribution < 1.29 is 28.5 Å². The van der Waals surface area contributed by atoms with Gasteiger partial charge in [0.1, 0.15) is 19.0 Å². The molecule has 0 aromatic heterocycles. The predicted octanol–water partition coefficient (Wildman–Crippen LogP) is 3.34. The molecule has 3 aromatic rings. The van der Waals surface area contributed by atoms with E-state index in [4.69, 9.17) is 18.9 Å². The molecule has 1 aliphatic heterocycles. The van der Waals surface area contributed by atoms with Crippen LogP contribution in [0.4, 0.5) is 0 Å². The molecule has 1 heterocycles. The van der Waals surface area contributed by atoms with Gasteiger partial charge in [0.2, 0.25) is 6.10 Å². The van der Waals surface area contributed by atoms with Crippen molar-refractivity contribution in [3.05, 3.63) is 89.5 Å². The molecule has 8 heteroatoms. The molecule has 4 rings (SSSR count). The van der Waals surface area contributed by atoms with E-state index in [9.17, 15) is 9.59 Å². The maximum absolute atomic E-state index is 12.4. The zero-order valence-corrected chi connectivity index (χ0v) is 17.9. The number of nitrogens with one attached hydrogen (secondary N) is 1. The number of fused-ring (bicyclic) bond motifs is 1. The van der Waals surface area contributed by atoms with Gasteiger partial charge in [0.25, 0.3) is 5.91 Å². The van der Waals surface area contributed by atoms with Crippen LogP contribution in [-0.4, -0.2) is 37.9 Å². The fourth-order valence-electron chi connectivity index (χ4n) is 3.12. The van der Waals surface area contributed by atoms with Gasteiger partial charge in [-0.3, -0.25) is 4.79 Å². The van der Waals surface area contributed by atoms with E-state index in [1.165, 1.54) is 13.3 Å². The second kappa shape index (κ2) is 10.3. The zero-order chi connectivity index (χ0) is 23.0. The molecule has 168 valence electrons. The van der Waals surface area contributed by atoms with Gasteiger partial charge in [0.15, 0.2) is 11.5 Å². The summed E-state index contributed by atoms with van der Waals surface area (Å²) in [5, 5.41) is 4.04. The Kier molecular flexibility index (Phi) is 6.84. The van der Waals surface area contributed by atoms with E-state index in [2.05, 4.69) is 10.5 Å². The molecule has 1 aliphatic rings. The van der Waals surface area contributed by atoms with Crippen molar-refractivity contribution in [3.63, 3.8) is 0 Å². The summed E-state index contributed by atoms with van der Waals surface area (Å²) in [5.41, 5.74) is 4.53. The van der Waals surface area contributed by atoms with Gasteiger partial charge >= 0.3 is 5.97 Å². The zero-order valence-electron chi connectivity index (χ0n) is 17.9. The normalized spacial score (nSPS) is 14.5. The van der Waals surface area contributed by atoms with Crippen LogP contribution in [0.5, 0.6) is 17.2 Å². The van der Waals surface area contributed by atoms with Crippen molar-refractivity contribution in [3.8, 4) is 17.2 Å². The van der Waals surface area contributed by atoms with Crippen LogP contribution in [0, 0.1) is 0 Å². The van der Waals surface area contributed by atoms with E-state index >= 15 is 0 Å². The number of hydrogen-bond donors (Lipinski definition) is 1. The highest BCUT2D eigenvalue weighted by atomic mass is 16.6. The molecule has 0 radical (unpaired) electrons. The second-order valence-electron chi connectivity index (χ2n) is 7.11. The number of carbonyl (C=O) groups is 2. The molecule has 3 aromatic carbocycles. The molecule has 0 bridgehead atoms. The molecular formula is C25H22N2O6. The molecule has 1 amide bonds. The van der Waals surface area contributed by atoms with Gasteiger partial charge < -0.3 is 18.9 Å². The Bertz CT molecular complexity index is 1160. The monoisotopic (exact) mass is 446 g/mol. The van der Waals surface area contributed by atoms with E-state index in [1.54, 1.807) is 42.5 Å². The summed E-state index contributed by atoms with van der Waals surface area (Å²) in [6, 6.07) is 21.5. The number of amides is 1. The number of nitrogens with zero attached hydrogens (tertiary/aromatic N) is 1. The van der Waals surface area contributed by atoms with Gasteiger partial charge in [-0.2, -0.15) is 5.10 Å². The average molecular weight is 446 g/mol. The van der Waals surface area contributed by atoms with Crippen molar-refractivity contribution in [2.45, 2.75) is 12.7 Å². The third-order valence-electron chi connectivity index (χ3n) is 4.87. The van der Waals surface area contributed by atoms with Crippen molar-refractivity contribution in [1.29, 1.82) is 0 Å². The lowest BCUT2D eigenvalue weighted by molar-refractivity contribution is -0.130. The maximum Gasteiger partial charge on any atom is 0.337 e. The summed E-state index contributed by atoms with van der Waals surface area (Å²) in [6.07, 6.45) is 0.710. The smallest absolute Gasteiger partial charge is 0.337 e. The third kappa shape index (κ3) is 5.48. The molecule has 33 heavy (non-hydrogen) atoms. The highest BCUT2D eigenvalue weighted by Crippen LogP contribution is 2.30. The molecule has 0 aliphatic carbocycles. The van der Waals surface area contributed by atoms with Crippen LogP contribution in [0.2, 0.25) is 0 Å². The van der Waals surface area contributed by atoms with E-state index in [-0.39, 0.29) is 12.6 Å². The van der Waals surface area contributed by atoms with Gasteiger partial charge in [0, 0.05) is 5.56 Å². The summed E-state index contributed by atoms with van der Waals surface area (Å²) in [7, 11) is 1.34. The summed E-state index contributed by atoms with van der Waals surface area (Å²) in [5.74, 6) is 0.923. The lowest BCUT2D eigenvalue weighted by atomic mass is 10.1. The number of hydrazone groups is 1. The third-order valence-corrected chi connectivity index (χ3v) is 4.87. The highest BCUT2D eigenvalue weighted by molar-refractivity contribution is 5.89. The Morgan fingerprint density at radius 3 is 2.55 bits per heavy atom. The average Bonchev–Trinajstić information content (AvgIpc) is 2.87. The molecule has 1 atom stereocenters. The van der Waals surface area contributed by atoms with Gasteiger partial charge in [-0.15, -0.1) is 0 Å². The summed E-state index contributed by atoms with van der Waals surface area (Å²) >= 11 is 0. The predicted molar refractivity (Wildman–Crippen MR) is 121 cm³/mol. The summed E-state index contributed by atoms with van der Waals surface area (Å²) in [4.78, 5) is 23.9. The van der Waals surface area contributed by atoms with Crippen molar-refractivity contribution in [2.75, 3.05) is 13.7 Å².